The van der Waals surface area contributed by atoms with Gasteiger partial charge in [-0.1, -0.05) is 25.0 Å². The Kier molecular flexibility index (Phi) is 10.3. The molecule has 0 heterocycles. The highest BCUT2D eigenvalue weighted by molar-refractivity contribution is 5.92. The summed E-state index contributed by atoms with van der Waals surface area (Å²) in [5.41, 5.74) is 12.0. The zero-order chi connectivity index (χ0) is 14.8. The van der Waals surface area contributed by atoms with E-state index in [1.807, 2.05) is 0 Å². The molecular weight excluding hydrogens is 290 g/mol. The first kappa shape index (κ1) is 19.4. The third kappa shape index (κ3) is 8.32. The Morgan fingerprint density at radius 2 is 1.62 bits per heavy atom. The van der Waals surface area contributed by atoms with Gasteiger partial charge in [-0.25, -0.2) is 0 Å². The minimum atomic E-state index is -0.446. The van der Waals surface area contributed by atoms with Crippen LogP contribution in [0.4, 0.5) is 0 Å². The second kappa shape index (κ2) is 11.1. The molecule has 0 aliphatic heterocycles. The molecule has 0 fully saturated rings. The first-order chi connectivity index (χ1) is 9.63. The number of nitrogens with two attached hydrogens (primary N) is 2. The van der Waals surface area contributed by atoms with Crippen LogP contribution in [0.2, 0.25) is 0 Å². The Labute approximate surface area is 131 Å². The number of hydrogen-bond acceptors (Lipinski definition) is 3. The van der Waals surface area contributed by atoms with Gasteiger partial charge in [0.1, 0.15) is 0 Å². The molecule has 5 N–H and O–H groups in total. The fourth-order valence-electron chi connectivity index (χ4n) is 1.86. The number of primary amides is 1. The lowest BCUT2D eigenvalue weighted by molar-refractivity contribution is -0.121. The lowest BCUT2D eigenvalue weighted by Gasteiger charge is -2.06. The molecular formula is C15H24ClN3O2. The molecule has 6 heteroatoms. The van der Waals surface area contributed by atoms with Crippen molar-refractivity contribution in [1.82, 2.24) is 5.32 Å². The second-order valence-corrected chi connectivity index (χ2v) is 4.79. The van der Waals surface area contributed by atoms with Crippen molar-refractivity contribution in [2.24, 2.45) is 11.5 Å². The molecule has 21 heavy (non-hydrogen) atoms. The van der Waals surface area contributed by atoms with Crippen molar-refractivity contribution < 1.29 is 9.59 Å². The maximum Gasteiger partial charge on any atom is 0.248 e. The summed E-state index contributed by atoms with van der Waals surface area (Å²) in [7, 11) is 0. The molecule has 0 aliphatic carbocycles. The molecule has 0 saturated carbocycles. The first-order valence-electron chi connectivity index (χ1n) is 6.99. The molecule has 0 radical (unpaired) electrons. The Morgan fingerprint density at radius 1 is 1.00 bits per heavy atom. The van der Waals surface area contributed by atoms with E-state index < -0.39 is 5.91 Å². The highest BCUT2D eigenvalue weighted by Gasteiger charge is 2.03. The molecule has 0 bridgehead atoms. The van der Waals surface area contributed by atoms with E-state index in [1.54, 1.807) is 24.3 Å². The number of halogens is 1. The topological polar surface area (TPSA) is 98.2 Å². The highest BCUT2D eigenvalue weighted by atomic mass is 35.5. The van der Waals surface area contributed by atoms with E-state index in [4.69, 9.17) is 11.5 Å². The molecule has 1 aromatic carbocycles. The molecule has 0 aliphatic rings. The molecule has 0 aromatic heterocycles. The Balaban J connectivity index is 0.00000400. The summed E-state index contributed by atoms with van der Waals surface area (Å²) >= 11 is 0. The van der Waals surface area contributed by atoms with Crippen LogP contribution in [0, 0.1) is 0 Å². The van der Waals surface area contributed by atoms with Crippen molar-refractivity contribution in [2.45, 2.75) is 38.6 Å². The number of unbranched alkanes of at least 4 members (excludes halogenated alkanes) is 3. The fraction of sp³-hybridized carbons (Fsp3) is 0.467. The Morgan fingerprint density at radius 3 is 2.19 bits per heavy atom. The summed E-state index contributed by atoms with van der Waals surface area (Å²) in [5, 5.41) is 2.86. The summed E-state index contributed by atoms with van der Waals surface area (Å²) in [5.74, 6) is -0.394. The zero-order valence-corrected chi connectivity index (χ0v) is 13.0. The van der Waals surface area contributed by atoms with Crippen molar-refractivity contribution >= 4 is 24.2 Å². The van der Waals surface area contributed by atoms with Crippen LogP contribution in [0.15, 0.2) is 24.3 Å². The van der Waals surface area contributed by atoms with Crippen molar-refractivity contribution in [3.63, 3.8) is 0 Å². The predicted octanol–water partition coefficient (Wildman–Crippen LogP) is 1.73. The van der Waals surface area contributed by atoms with E-state index in [0.29, 0.717) is 25.1 Å². The smallest absolute Gasteiger partial charge is 0.248 e. The number of carbonyl (C=O) groups is 2. The van der Waals surface area contributed by atoms with Gasteiger partial charge in [-0.15, -0.1) is 12.4 Å². The van der Waals surface area contributed by atoms with E-state index >= 15 is 0 Å². The number of amides is 2. The lowest BCUT2D eigenvalue weighted by Crippen LogP contribution is -2.22. The van der Waals surface area contributed by atoms with E-state index in [-0.39, 0.29) is 18.3 Å². The number of carbonyl (C=O) groups excluding carboxylic acids is 2. The minimum absolute atomic E-state index is 0. The van der Waals surface area contributed by atoms with Crippen LogP contribution in [-0.2, 0) is 11.3 Å². The van der Waals surface area contributed by atoms with Gasteiger partial charge in [0, 0.05) is 18.5 Å². The first-order valence-corrected chi connectivity index (χ1v) is 6.99. The van der Waals surface area contributed by atoms with Crippen molar-refractivity contribution in [2.75, 3.05) is 6.54 Å². The fourth-order valence-corrected chi connectivity index (χ4v) is 1.86. The molecule has 0 spiro atoms. The predicted molar refractivity (Wildman–Crippen MR) is 86.2 cm³/mol. The molecule has 5 nitrogen and oxygen atoms in total. The second-order valence-electron chi connectivity index (χ2n) is 4.79. The Bertz CT molecular complexity index is 435. The van der Waals surface area contributed by atoms with Gasteiger partial charge in [0.15, 0.2) is 0 Å². The highest BCUT2D eigenvalue weighted by Crippen LogP contribution is 2.05. The summed E-state index contributed by atoms with van der Waals surface area (Å²) in [6.45, 7) is 1.19. The molecule has 0 saturated heterocycles. The third-order valence-electron chi connectivity index (χ3n) is 3.09. The summed E-state index contributed by atoms with van der Waals surface area (Å²) < 4.78 is 0. The zero-order valence-electron chi connectivity index (χ0n) is 12.1. The SMILES string of the molecule is Cl.NCCCCCCC(=O)NCc1ccc(C(N)=O)cc1. The van der Waals surface area contributed by atoms with Gasteiger partial charge in [0.25, 0.3) is 0 Å². The van der Waals surface area contributed by atoms with Gasteiger partial charge in [-0.2, -0.15) is 0 Å². The van der Waals surface area contributed by atoms with Crippen LogP contribution in [0.1, 0.15) is 48.0 Å². The van der Waals surface area contributed by atoms with Crippen molar-refractivity contribution in [3.8, 4) is 0 Å². The maximum absolute atomic E-state index is 11.6. The standard InChI is InChI=1S/C15H23N3O2.ClH/c16-10-4-2-1-3-5-14(19)18-11-12-6-8-13(9-7-12)15(17)20;/h6-9H,1-5,10-11,16H2,(H2,17,20)(H,18,19);1H. The van der Waals surface area contributed by atoms with Gasteiger partial charge in [0.2, 0.25) is 11.8 Å². The van der Waals surface area contributed by atoms with Crippen LogP contribution in [0.25, 0.3) is 0 Å². The average Bonchev–Trinajstić information content (AvgIpc) is 2.45. The van der Waals surface area contributed by atoms with Crippen LogP contribution in [0.5, 0.6) is 0 Å². The average molecular weight is 314 g/mol. The van der Waals surface area contributed by atoms with Gasteiger partial charge in [-0.3, -0.25) is 9.59 Å². The number of benzene rings is 1. The quantitative estimate of drug-likeness (QED) is 0.605. The number of nitrogens with one attached hydrogen (secondary N) is 1. The van der Waals surface area contributed by atoms with Gasteiger partial charge in [0.05, 0.1) is 0 Å². The van der Waals surface area contributed by atoms with E-state index in [1.165, 1.54) is 0 Å². The van der Waals surface area contributed by atoms with E-state index in [0.717, 1.165) is 31.2 Å². The van der Waals surface area contributed by atoms with Crippen LogP contribution < -0.4 is 16.8 Å². The number of hydrogen-bond donors (Lipinski definition) is 3. The molecule has 118 valence electrons. The summed E-state index contributed by atoms with van der Waals surface area (Å²) in [4.78, 5) is 22.5. The van der Waals surface area contributed by atoms with Gasteiger partial charge >= 0.3 is 0 Å². The van der Waals surface area contributed by atoms with Crippen LogP contribution in [0.3, 0.4) is 0 Å². The van der Waals surface area contributed by atoms with Crippen molar-refractivity contribution in [1.29, 1.82) is 0 Å². The number of rotatable bonds is 9. The molecule has 1 aromatic rings. The molecule has 2 amide bonds. The normalized spacial score (nSPS) is 9.76. The van der Waals surface area contributed by atoms with Crippen molar-refractivity contribution in [3.05, 3.63) is 35.4 Å². The molecule has 1 rings (SSSR count). The largest absolute Gasteiger partial charge is 0.366 e. The Hall–Kier alpha value is -1.59. The van der Waals surface area contributed by atoms with E-state index in [2.05, 4.69) is 5.32 Å². The maximum atomic E-state index is 11.6. The van der Waals surface area contributed by atoms with E-state index in [9.17, 15) is 9.59 Å². The molecule has 0 unspecified atom stereocenters. The van der Waals surface area contributed by atoms with Gasteiger partial charge in [-0.05, 0) is 37.1 Å². The monoisotopic (exact) mass is 313 g/mol. The minimum Gasteiger partial charge on any atom is -0.366 e. The van der Waals surface area contributed by atoms with Gasteiger partial charge < -0.3 is 16.8 Å². The van der Waals surface area contributed by atoms with Crippen LogP contribution in [-0.4, -0.2) is 18.4 Å². The lowest BCUT2D eigenvalue weighted by atomic mass is 10.1. The summed E-state index contributed by atoms with van der Waals surface area (Å²) in [6, 6.07) is 6.91. The van der Waals surface area contributed by atoms with Crippen LogP contribution >= 0.6 is 12.4 Å². The molecule has 0 atom stereocenters. The third-order valence-corrected chi connectivity index (χ3v) is 3.09. The summed E-state index contributed by atoms with van der Waals surface area (Å²) in [6.07, 6.45) is 4.58.